The second-order valence-corrected chi connectivity index (χ2v) is 7.54. The number of carbonyl (C=O) groups is 1. The van der Waals surface area contributed by atoms with Gasteiger partial charge in [0.25, 0.3) is 5.91 Å². The summed E-state index contributed by atoms with van der Waals surface area (Å²) in [5, 5.41) is 3.45. The Morgan fingerprint density at radius 2 is 2.04 bits per heavy atom. The van der Waals surface area contributed by atoms with Crippen LogP contribution in [0.5, 0.6) is 0 Å². The fourth-order valence-electron chi connectivity index (χ4n) is 1.99. The van der Waals surface area contributed by atoms with Crippen LogP contribution in [-0.4, -0.2) is 25.7 Å². The molecule has 0 unspecified atom stereocenters. The minimum Gasteiger partial charge on any atom is -0.379 e. The molecule has 0 saturated carbocycles. The van der Waals surface area contributed by atoms with Crippen LogP contribution < -0.4 is 10.8 Å². The van der Waals surface area contributed by atoms with E-state index in [4.69, 9.17) is 21.2 Å². The normalized spacial score (nSPS) is 10.7. The molecule has 9 heteroatoms. The zero-order chi connectivity index (χ0) is 19.1. The van der Waals surface area contributed by atoms with Gasteiger partial charge in [0.2, 0.25) is 0 Å². The lowest BCUT2D eigenvalue weighted by molar-refractivity contribution is 0.00170. The molecule has 0 saturated heterocycles. The number of halogens is 4. The first-order valence-electron chi connectivity index (χ1n) is 7.63. The molecule has 1 amide bonds. The van der Waals surface area contributed by atoms with Crippen molar-refractivity contribution in [3.05, 3.63) is 54.8 Å². The highest BCUT2D eigenvalue weighted by Crippen LogP contribution is 2.31. The van der Waals surface area contributed by atoms with Crippen molar-refractivity contribution in [2.45, 2.75) is 6.92 Å². The van der Waals surface area contributed by atoms with E-state index in [0.717, 1.165) is 3.57 Å². The Hall–Kier alpha value is -0.940. The first kappa shape index (κ1) is 21.4. The summed E-state index contributed by atoms with van der Waals surface area (Å²) in [7, 11) is 0. The summed E-state index contributed by atoms with van der Waals surface area (Å²) in [6, 6.07) is 7.95. The largest absolute Gasteiger partial charge is 0.379 e. The second kappa shape index (κ2) is 10.4. The van der Waals surface area contributed by atoms with Gasteiger partial charge >= 0.3 is 0 Å². The molecule has 140 valence electrons. The summed E-state index contributed by atoms with van der Waals surface area (Å²) in [6.45, 7) is 2.98. The van der Waals surface area contributed by atoms with Gasteiger partial charge in [-0.1, -0.05) is 11.6 Å². The van der Waals surface area contributed by atoms with E-state index in [1.807, 2.05) is 13.0 Å². The van der Waals surface area contributed by atoms with E-state index in [9.17, 15) is 9.18 Å². The van der Waals surface area contributed by atoms with Gasteiger partial charge in [0.15, 0.2) is 0 Å². The van der Waals surface area contributed by atoms with Crippen molar-refractivity contribution in [2.75, 3.05) is 25.1 Å². The summed E-state index contributed by atoms with van der Waals surface area (Å²) in [4.78, 5) is 17.5. The number of nitrogens with one attached hydrogen (secondary N) is 2. The number of hydrogen-bond donors (Lipinski definition) is 2. The van der Waals surface area contributed by atoms with Crippen LogP contribution in [-0.2, 0) is 9.57 Å². The molecule has 2 aromatic carbocycles. The average Bonchev–Trinajstić information content (AvgIpc) is 2.60. The zero-order valence-electron chi connectivity index (χ0n) is 13.7. The highest BCUT2D eigenvalue weighted by atomic mass is 127. The molecular weight excluding hydrogens is 541 g/mol. The predicted molar refractivity (Wildman–Crippen MR) is 111 cm³/mol. The Balaban J connectivity index is 2.20. The van der Waals surface area contributed by atoms with Crippen LogP contribution in [0.15, 0.2) is 34.8 Å². The fourth-order valence-corrected chi connectivity index (χ4v) is 3.24. The zero-order valence-corrected chi connectivity index (χ0v) is 18.2. The molecule has 0 aliphatic carbocycles. The fraction of sp³-hybridized carbons (Fsp3) is 0.235. The molecule has 0 spiro atoms. The third kappa shape index (κ3) is 6.05. The third-order valence-corrected chi connectivity index (χ3v) is 4.80. The average molecular weight is 558 g/mol. The molecule has 0 atom stereocenters. The van der Waals surface area contributed by atoms with Gasteiger partial charge in [-0.15, -0.1) is 0 Å². The summed E-state index contributed by atoms with van der Waals surface area (Å²) >= 11 is 11.4. The van der Waals surface area contributed by atoms with Gasteiger partial charge in [-0.25, -0.2) is 9.87 Å². The van der Waals surface area contributed by atoms with Gasteiger partial charge < -0.3 is 10.1 Å². The van der Waals surface area contributed by atoms with E-state index in [0.29, 0.717) is 23.9 Å². The van der Waals surface area contributed by atoms with Crippen molar-refractivity contribution in [3.8, 4) is 0 Å². The molecule has 5 nitrogen and oxygen atoms in total. The third-order valence-electron chi connectivity index (χ3n) is 3.20. The Morgan fingerprint density at radius 3 is 2.73 bits per heavy atom. The number of amides is 1. The van der Waals surface area contributed by atoms with E-state index < -0.39 is 11.7 Å². The van der Waals surface area contributed by atoms with Crippen LogP contribution in [0.2, 0.25) is 5.02 Å². The lowest BCUT2D eigenvalue weighted by Gasteiger charge is -2.14. The van der Waals surface area contributed by atoms with Crippen molar-refractivity contribution in [2.24, 2.45) is 0 Å². The Labute approximate surface area is 177 Å². The van der Waals surface area contributed by atoms with Crippen molar-refractivity contribution in [1.29, 1.82) is 0 Å². The smallest absolute Gasteiger partial charge is 0.276 e. The Kier molecular flexibility index (Phi) is 8.55. The number of hydrogen-bond acceptors (Lipinski definition) is 4. The number of benzene rings is 2. The SMILES string of the molecule is CCOCCONC(=O)c1cc(Br)c(F)cc1Nc1ccc(I)cc1Cl. The molecule has 2 N–H and O–H groups in total. The minimum absolute atomic E-state index is 0.163. The maximum Gasteiger partial charge on any atom is 0.276 e. The molecule has 26 heavy (non-hydrogen) atoms. The minimum atomic E-state index is -0.522. The lowest BCUT2D eigenvalue weighted by Crippen LogP contribution is -2.26. The maximum atomic E-state index is 14.0. The van der Waals surface area contributed by atoms with Gasteiger partial charge in [0.1, 0.15) is 5.82 Å². The number of hydroxylamine groups is 1. The van der Waals surface area contributed by atoms with E-state index in [2.05, 4.69) is 49.3 Å². The standard InChI is InChI=1S/C17H16BrClFIN2O3/c1-2-25-5-6-26-23-17(24)11-8-12(18)14(20)9-16(11)22-15-4-3-10(21)7-13(15)19/h3-4,7-9,22H,2,5-6H2,1H3,(H,23,24). The first-order valence-corrected chi connectivity index (χ1v) is 9.88. The van der Waals surface area contributed by atoms with Gasteiger partial charge in [0, 0.05) is 10.2 Å². The number of ether oxygens (including phenoxy) is 1. The van der Waals surface area contributed by atoms with Crippen LogP contribution in [0.1, 0.15) is 17.3 Å². The van der Waals surface area contributed by atoms with Crippen molar-refractivity contribution in [3.63, 3.8) is 0 Å². The molecule has 0 aromatic heterocycles. The van der Waals surface area contributed by atoms with Crippen LogP contribution in [0.3, 0.4) is 0 Å². The number of carbonyl (C=O) groups excluding carboxylic acids is 1. The van der Waals surface area contributed by atoms with Crippen molar-refractivity contribution < 1.29 is 18.8 Å². The molecule has 0 heterocycles. The van der Waals surface area contributed by atoms with Crippen molar-refractivity contribution >= 4 is 67.4 Å². The molecule has 0 aliphatic heterocycles. The summed E-state index contributed by atoms with van der Waals surface area (Å²) in [6.07, 6.45) is 0. The van der Waals surface area contributed by atoms with Gasteiger partial charge in [-0.3, -0.25) is 9.63 Å². The van der Waals surface area contributed by atoms with E-state index >= 15 is 0 Å². The van der Waals surface area contributed by atoms with Crippen LogP contribution in [0.4, 0.5) is 15.8 Å². The molecule has 0 aliphatic rings. The van der Waals surface area contributed by atoms with Gasteiger partial charge in [-0.2, -0.15) is 0 Å². The number of rotatable bonds is 8. The van der Waals surface area contributed by atoms with E-state index in [-0.39, 0.29) is 22.3 Å². The van der Waals surface area contributed by atoms with E-state index in [1.54, 1.807) is 12.1 Å². The molecule has 0 fully saturated rings. The Bertz CT molecular complexity index is 795. The highest BCUT2D eigenvalue weighted by Gasteiger charge is 2.16. The maximum absolute atomic E-state index is 14.0. The van der Waals surface area contributed by atoms with Gasteiger partial charge in [-0.05, 0) is 75.8 Å². The van der Waals surface area contributed by atoms with Gasteiger partial charge in [0.05, 0.1) is 39.6 Å². The monoisotopic (exact) mass is 556 g/mol. The quantitative estimate of drug-likeness (QED) is 0.263. The van der Waals surface area contributed by atoms with Crippen LogP contribution >= 0.6 is 50.1 Å². The number of anilines is 2. The summed E-state index contributed by atoms with van der Waals surface area (Å²) in [5.41, 5.74) is 3.34. The van der Waals surface area contributed by atoms with Crippen molar-refractivity contribution in [1.82, 2.24) is 5.48 Å². The summed E-state index contributed by atoms with van der Waals surface area (Å²) in [5.74, 6) is -1.03. The molecule has 2 rings (SSSR count). The lowest BCUT2D eigenvalue weighted by atomic mass is 10.1. The van der Waals surface area contributed by atoms with E-state index in [1.165, 1.54) is 12.1 Å². The molecule has 0 bridgehead atoms. The van der Waals surface area contributed by atoms with Crippen LogP contribution in [0.25, 0.3) is 0 Å². The van der Waals surface area contributed by atoms with Crippen LogP contribution in [0, 0.1) is 9.39 Å². The summed E-state index contributed by atoms with van der Waals surface area (Å²) < 4.78 is 20.2. The molecule has 0 radical (unpaired) electrons. The Morgan fingerprint density at radius 1 is 1.27 bits per heavy atom. The topological polar surface area (TPSA) is 59.6 Å². The molecular formula is C17H16BrClFIN2O3. The second-order valence-electron chi connectivity index (χ2n) is 5.04. The highest BCUT2D eigenvalue weighted by molar-refractivity contribution is 14.1. The predicted octanol–water partition coefficient (Wildman–Crippen LogP) is 5.29. The first-order chi connectivity index (χ1) is 12.4. The molecule has 2 aromatic rings.